The molecule has 10 heteroatoms. The van der Waals surface area contributed by atoms with Gasteiger partial charge >= 0.3 is 19.5 Å². The molecule has 0 N–H and O–H groups in total. The molecule has 0 aromatic heterocycles. The predicted octanol–water partition coefficient (Wildman–Crippen LogP) is 3.44. The minimum atomic E-state index is -4.79. The highest BCUT2D eigenvalue weighted by Crippen LogP contribution is 2.58. The van der Waals surface area contributed by atoms with Crippen LogP contribution < -0.4 is 13.7 Å². The Morgan fingerprint density at radius 1 is 0.571 bits per heavy atom. The monoisotopic (exact) mass is 454 g/mol. The van der Waals surface area contributed by atoms with Crippen molar-refractivity contribution in [3.63, 3.8) is 0 Å². The Bertz CT molecular complexity index is 1120. The van der Waals surface area contributed by atoms with Crippen LogP contribution in [0.2, 0.25) is 0 Å². The maximum Gasteiger partial charge on any atom is 0.355 e. The summed E-state index contributed by atoms with van der Waals surface area (Å²) in [4.78, 5) is 0. The fourth-order valence-electron chi connectivity index (χ4n) is 2.27. The van der Waals surface area contributed by atoms with Crippen molar-refractivity contribution >= 4 is 41.0 Å². The van der Waals surface area contributed by atoms with Crippen LogP contribution in [0.15, 0.2) is 91.0 Å². The second-order valence-electron chi connectivity index (χ2n) is 5.48. The second-order valence-corrected chi connectivity index (χ2v) is 18.7. The lowest BCUT2D eigenvalue weighted by Crippen LogP contribution is -2.26. The van der Waals surface area contributed by atoms with Crippen LogP contribution in [0.25, 0.3) is 0 Å². The van der Waals surface area contributed by atoms with E-state index in [2.05, 4.69) is 0 Å². The molecule has 0 spiro atoms. The first-order valence-corrected chi connectivity index (χ1v) is 14.7. The van der Waals surface area contributed by atoms with Crippen LogP contribution in [0.1, 0.15) is 0 Å². The minimum absolute atomic E-state index is 0.0393. The lowest BCUT2D eigenvalue weighted by Gasteiger charge is -2.22. The van der Waals surface area contributed by atoms with Crippen LogP contribution in [0.3, 0.4) is 0 Å². The summed E-state index contributed by atoms with van der Waals surface area (Å²) >= 11 is 5.32. The summed E-state index contributed by atoms with van der Waals surface area (Å²) in [6, 6.07) is 22.5. The Balaban J connectivity index is 2.15. The van der Waals surface area contributed by atoms with Gasteiger partial charge in [-0.15, -0.1) is 0 Å². The van der Waals surface area contributed by atoms with Crippen molar-refractivity contribution in [2.75, 3.05) is 0 Å². The topological polar surface area (TPSA) is 86.7 Å². The van der Waals surface area contributed by atoms with Crippen molar-refractivity contribution in [3.05, 3.63) is 91.0 Å². The lowest BCUT2D eigenvalue weighted by atomic mass is 10.3. The van der Waals surface area contributed by atoms with Crippen LogP contribution >= 0.6 is 4.44 Å². The molecular weight excluding hydrogens is 439 g/mol. The average Bonchev–Trinajstić information content (AvgIpc) is 2.68. The molecule has 0 fully saturated rings. The zero-order valence-electron chi connectivity index (χ0n) is 14.3. The van der Waals surface area contributed by atoms with Crippen molar-refractivity contribution in [3.8, 4) is 11.5 Å². The third-order valence-electron chi connectivity index (χ3n) is 3.55. The molecule has 3 aromatic carbocycles. The Labute approximate surface area is 168 Å². The fraction of sp³-hybridized carbons (Fsp3) is 0. The largest absolute Gasteiger partial charge is 0.378 e. The number of benzene rings is 3. The third-order valence-corrected chi connectivity index (χ3v) is 18.9. The quantitative estimate of drug-likeness (QED) is 0.506. The van der Waals surface area contributed by atoms with E-state index in [0.717, 1.165) is 0 Å². The number of rotatable bonds is 7. The first-order chi connectivity index (χ1) is 13.3. The molecule has 0 atom stereocenters. The second kappa shape index (κ2) is 8.05. The zero-order chi connectivity index (χ0) is 20.3. The van der Waals surface area contributed by atoms with Gasteiger partial charge in [0.15, 0.2) is 0 Å². The van der Waals surface area contributed by atoms with Gasteiger partial charge in [-0.3, -0.25) is 0 Å². The molecule has 146 valence electrons. The summed E-state index contributed by atoms with van der Waals surface area (Å²) in [6.45, 7) is 0. The zero-order valence-corrected chi connectivity index (χ0v) is 17.6. The maximum atomic E-state index is 13.1. The number of para-hydroxylation sites is 2. The van der Waals surface area contributed by atoms with E-state index in [-0.39, 0.29) is 16.8 Å². The molecular formula is C18H15O6PS3. The Morgan fingerprint density at radius 2 is 0.893 bits per heavy atom. The van der Waals surface area contributed by atoms with Gasteiger partial charge in [-0.25, -0.2) is 0 Å². The first kappa shape index (κ1) is 20.5. The SMILES string of the molecule is O=S(=O)(Oc1ccccc1)P(=S)(c1ccccc1)S(=O)(=O)Oc1ccccc1. The van der Waals surface area contributed by atoms with E-state index in [4.69, 9.17) is 20.2 Å². The highest BCUT2D eigenvalue weighted by atomic mass is 33.3. The van der Waals surface area contributed by atoms with Gasteiger partial charge in [-0.1, -0.05) is 78.5 Å². The summed E-state index contributed by atoms with van der Waals surface area (Å²) in [6.07, 6.45) is 0. The molecule has 0 saturated carbocycles. The van der Waals surface area contributed by atoms with Crippen molar-refractivity contribution in [2.45, 2.75) is 0 Å². The molecule has 0 amide bonds. The molecule has 28 heavy (non-hydrogen) atoms. The predicted molar refractivity (Wildman–Crippen MR) is 112 cm³/mol. The van der Waals surface area contributed by atoms with Gasteiger partial charge in [-0.05, 0) is 24.3 Å². The van der Waals surface area contributed by atoms with Crippen molar-refractivity contribution in [1.29, 1.82) is 0 Å². The highest BCUT2D eigenvalue weighted by Gasteiger charge is 2.51. The normalized spacial score (nSPS) is 12.3. The Morgan fingerprint density at radius 3 is 1.25 bits per heavy atom. The standard InChI is InChI=1S/C18H15O6PS3/c19-27(20,23-16-10-4-1-5-11-16)25(26,18-14-8-3-9-15-18)28(21,22)24-17-12-6-2-7-13-17/h1-15H. The summed E-state index contributed by atoms with van der Waals surface area (Å²) in [5.74, 6) is -0.0786. The fourth-order valence-corrected chi connectivity index (χ4v) is 12.0. The number of hydrogen-bond acceptors (Lipinski definition) is 7. The van der Waals surface area contributed by atoms with E-state index in [0.29, 0.717) is 0 Å². The molecule has 0 heterocycles. The summed E-state index contributed by atoms with van der Waals surface area (Å²) in [5, 5.41) is -0.0723. The molecule has 0 unspecified atom stereocenters. The number of hydrogen-bond donors (Lipinski definition) is 0. The third kappa shape index (κ3) is 3.98. The maximum absolute atomic E-state index is 13.1. The van der Waals surface area contributed by atoms with E-state index in [1.807, 2.05) is 0 Å². The molecule has 0 aliphatic heterocycles. The molecule has 0 aliphatic rings. The molecule has 3 rings (SSSR count). The minimum Gasteiger partial charge on any atom is -0.378 e. The summed E-state index contributed by atoms with van der Waals surface area (Å²) < 4.78 is 58.2. The van der Waals surface area contributed by atoms with Crippen LogP contribution in [0.5, 0.6) is 11.5 Å². The average molecular weight is 454 g/mol. The molecule has 0 bridgehead atoms. The van der Waals surface area contributed by atoms with E-state index in [1.54, 1.807) is 42.5 Å². The molecule has 0 aliphatic carbocycles. The van der Waals surface area contributed by atoms with Crippen LogP contribution in [0.4, 0.5) is 0 Å². The van der Waals surface area contributed by atoms with Gasteiger partial charge in [0.2, 0.25) is 0 Å². The van der Waals surface area contributed by atoms with Crippen molar-refractivity contribution < 1.29 is 25.2 Å². The molecule has 3 aromatic rings. The van der Waals surface area contributed by atoms with Crippen LogP contribution in [-0.2, 0) is 31.3 Å². The highest BCUT2D eigenvalue weighted by molar-refractivity contribution is 8.95. The molecule has 0 saturated heterocycles. The van der Waals surface area contributed by atoms with Gasteiger partial charge in [0.05, 0.1) is 0 Å². The summed E-state index contributed by atoms with van der Waals surface area (Å²) in [7, 11) is -9.59. The van der Waals surface area contributed by atoms with Crippen molar-refractivity contribution in [2.24, 2.45) is 0 Å². The Hall–Kier alpha value is -2.19. The van der Waals surface area contributed by atoms with Gasteiger partial charge < -0.3 is 8.37 Å². The first-order valence-electron chi connectivity index (χ1n) is 7.91. The van der Waals surface area contributed by atoms with Gasteiger partial charge in [0, 0.05) is 5.30 Å². The van der Waals surface area contributed by atoms with Crippen molar-refractivity contribution in [1.82, 2.24) is 0 Å². The van der Waals surface area contributed by atoms with Gasteiger partial charge in [-0.2, -0.15) is 16.8 Å². The Kier molecular flexibility index (Phi) is 5.90. The molecule has 0 radical (unpaired) electrons. The van der Waals surface area contributed by atoms with E-state index in [9.17, 15) is 16.8 Å². The van der Waals surface area contributed by atoms with E-state index in [1.165, 1.54) is 48.5 Å². The molecule has 6 nitrogen and oxygen atoms in total. The lowest BCUT2D eigenvalue weighted by molar-refractivity contribution is 0.499. The van der Waals surface area contributed by atoms with E-state index >= 15 is 0 Å². The summed E-state index contributed by atoms with van der Waals surface area (Å²) in [5.41, 5.74) is 0. The van der Waals surface area contributed by atoms with Crippen LogP contribution in [0, 0.1) is 0 Å². The van der Waals surface area contributed by atoms with Gasteiger partial charge in [0.1, 0.15) is 11.5 Å². The van der Waals surface area contributed by atoms with Crippen LogP contribution in [-0.4, -0.2) is 16.8 Å². The van der Waals surface area contributed by atoms with Gasteiger partial charge in [0.25, 0.3) is 4.44 Å². The van der Waals surface area contributed by atoms with E-state index < -0.39 is 23.9 Å². The smallest absolute Gasteiger partial charge is 0.355 e.